The Balaban J connectivity index is 2.56. The number of pyridine rings is 1. The van der Waals surface area contributed by atoms with Crippen LogP contribution in [-0.2, 0) is 22.3 Å². The highest BCUT2D eigenvalue weighted by atomic mass is 35.5. The maximum atomic E-state index is 11.8. The second-order valence-corrected chi connectivity index (χ2v) is 8.04. The number of fused-ring (bicyclic) bond motifs is 1. The van der Waals surface area contributed by atoms with Crippen LogP contribution in [0.4, 0.5) is 0 Å². The summed E-state index contributed by atoms with van der Waals surface area (Å²) in [6.45, 7) is 3.66. The quantitative estimate of drug-likeness (QED) is 0.810. The molecule has 104 valence electrons. The van der Waals surface area contributed by atoms with E-state index in [1.54, 1.807) is 30.7 Å². The van der Waals surface area contributed by atoms with Crippen molar-refractivity contribution in [1.82, 2.24) is 14.5 Å². The maximum Gasteiger partial charge on any atom is 0.160 e. The van der Waals surface area contributed by atoms with E-state index in [-0.39, 0.29) is 12.4 Å². The minimum absolute atomic E-state index is 0.218. The fraction of sp³-hybridized carbons (Fsp3) is 0.500. The first kappa shape index (κ1) is 14.3. The van der Waals surface area contributed by atoms with Gasteiger partial charge in [0.2, 0.25) is 0 Å². The van der Waals surface area contributed by atoms with E-state index in [1.165, 1.54) is 6.26 Å². The second kappa shape index (κ2) is 4.76. The third-order valence-corrected chi connectivity index (χ3v) is 5.62. The molecule has 0 amide bonds. The van der Waals surface area contributed by atoms with Gasteiger partial charge in [0.15, 0.2) is 15.5 Å². The summed E-state index contributed by atoms with van der Waals surface area (Å²) in [4.78, 5) is 8.63. The van der Waals surface area contributed by atoms with Crippen LogP contribution in [0, 0.1) is 0 Å². The van der Waals surface area contributed by atoms with Crippen molar-refractivity contribution in [2.75, 3.05) is 6.26 Å². The van der Waals surface area contributed by atoms with E-state index in [9.17, 15) is 8.42 Å². The topological polar surface area (TPSA) is 64.8 Å². The molecule has 0 radical (unpaired) electrons. The molecule has 0 fully saturated rings. The molecule has 7 heteroatoms. The van der Waals surface area contributed by atoms with Crippen LogP contribution in [0.3, 0.4) is 0 Å². The lowest BCUT2D eigenvalue weighted by molar-refractivity contribution is 0.501. The van der Waals surface area contributed by atoms with Gasteiger partial charge in [-0.25, -0.2) is 18.4 Å². The summed E-state index contributed by atoms with van der Waals surface area (Å²) >= 11 is 5.89. The second-order valence-electron chi connectivity index (χ2n) is 5.13. The van der Waals surface area contributed by atoms with Crippen LogP contribution in [-0.4, -0.2) is 34.0 Å². The predicted molar refractivity (Wildman–Crippen MR) is 76.0 cm³/mol. The van der Waals surface area contributed by atoms with Gasteiger partial charge in [0.1, 0.15) is 11.3 Å². The van der Waals surface area contributed by atoms with Gasteiger partial charge in [0, 0.05) is 19.0 Å². The number of halogens is 1. The molecule has 0 saturated carbocycles. The van der Waals surface area contributed by atoms with E-state index in [4.69, 9.17) is 11.6 Å². The van der Waals surface area contributed by atoms with E-state index in [0.717, 1.165) is 5.52 Å². The molecule has 0 aliphatic carbocycles. The van der Waals surface area contributed by atoms with Crippen molar-refractivity contribution in [3.05, 3.63) is 24.2 Å². The van der Waals surface area contributed by atoms with Gasteiger partial charge in [-0.2, -0.15) is 0 Å². The van der Waals surface area contributed by atoms with Gasteiger partial charge in [-0.1, -0.05) is 0 Å². The molecular formula is C12H16ClN3O2S. The number of imidazole rings is 1. The van der Waals surface area contributed by atoms with E-state index in [2.05, 4.69) is 9.97 Å². The molecule has 0 bridgehead atoms. The smallest absolute Gasteiger partial charge is 0.160 e. The van der Waals surface area contributed by atoms with Gasteiger partial charge in [-0.15, -0.1) is 11.6 Å². The minimum Gasteiger partial charge on any atom is -0.310 e. The van der Waals surface area contributed by atoms with E-state index in [1.807, 2.05) is 6.07 Å². The van der Waals surface area contributed by atoms with Gasteiger partial charge in [0.05, 0.1) is 10.6 Å². The van der Waals surface area contributed by atoms with Crippen molar-refractivity contribution in [3.63, 3.8) is 0 Å². The molecule has 0 aliphatic heterocycles. The van der Waals surface area contributed by atoms with Crippen LogP contribution < -0.4 is 0 Å². The first-order chi connectivity index (χ1) is 8.76. The van der Waals surface area contributed by atoms with Crippen molar-refractivity contribution in [2.24, 2.45) is 0 Å². The van der Waals surface area contributed by atoms with E-state index < -0.39 is 14.6 Å². The molecule has 2 rings (SSSR count). The zero-order chi connectivity index (χ0) is 14.3. The van der Waals surface area contributed by atoms with Crippen LogP contribution in [0.15, 0.2) is 18.3 Å². The average molecular weight is 302 g/mol. The highest BCUT2D eigenvalue weighted by Crippen LogP contribution is 2.23. The van der Waals surface area contributed by atoms with Gasteiger partial charge < -0.3 is 4.57 Å². The number of alkyl halides is 1. The maximum absolute atomic E-state index is 11.8. The Morgan fingerprint density at radius 1 is 1.42 bits per heavy atom. The number of aromatic nitrogens is 3. The Morgan fingerprint density at radius 2 is 2.11 bits per heavy atom. The van der Waals surface area contributed by atoms with Crippen LogP contribution >= 0.6 is 11.6 Å². The summed E-state index contributed by atoms with van der Waals surface area (Å²) in [6, 6.07) is 3.63. The van der Waals surface area contributed by atoms with Crippen LogP contribution in [0.25, 0.3) is 11.2 Å². The zero-order valence-corrected chi connectivity index (χ0v) is 12.7. The standard InChI is InChI=1S/C12H16ClN3O2S/c1-12(2,19(3,17)18)8-16-10(7-13)15-9-5-4-6-14-11(9)16/h4-6H,7-8H2,1-3H3. The van der Waals surface area contributed by atoms with Gasteiger partial charge >= 0.3 is 0 Å². The summed E-state index contributed by atoms with van der Waals surface area (Å²) in [5, 5.41) is 0. The SMILES string of the molecule is CC(C)(Cn1c(CCl)nc2cccnc21)S(C)(=O)=O. The fourth-order valence-corrected chi connectivity index (χ4v) is 2.34. The number of hydrogen-bond acceptors (Lipinski definition) is 4. The molecule has 0 N–H and O–H groups in total. The molecule has 19 heavy (non-hydrogen) atoms. The lowest BCUT2D eigenvalue weighted by Gasteiger charge is -2.23. The van der Waals surface area contributed by atoms with Crippen molar-refractivity contribution < 1.29 is 8.42 Å². The molecule has 0 saturated heterocycles. The summed E-state index contributed by atoms with van der Waals surface area (Å²) in [6.07, 6.45) is 2.89. The Morgan fingerprint density at radius 3 is 2.68 bits per heavy atom. The van der Waals surface area contributed by atoms with Crippen molar-refractivity contribution in [1.29, 1.82) is 0 Å². The molecule has 2 aromatic heterocycles. The Kier molecular flexibility index (Phi) is 3.57. The third kappa shape index (κ3) is 2.60. The zero-order valence-electron chi connectivity index (χ0n) is 11.1. The lowest BCUT2D eigenvalue weighted by Crippen LogP contribution is -2.36. The lowest BCUT2D eigenvalue weighted by atomic mass is 10.2. The molecule has 0 unspecified atom stereocenters. The average Bonchev–Trinajstić information content (AvgIpc) is 2.66. The van der Waals surface area contributed by atoms with Gasteiger partial charge in [-0.05, 0) is 26.0 Å². The van der Waals surface area contributed by atoms with Crippen molar-refractivity contribution >= 4 is 32.6 Å². The highest BCUT2D eigenvalue weighted by molar-refractivity contribution is 7.92. The summed E-state index contributed by atoms with van der Waals surface area (Å²) in [5.74, 6) is 0.850. The first-order valence-corrected chi connectivity index (χ1v) is 8.24. The Labute approximate surface area is 117 Å². The number of nitrogens with zero attached hydrogens (tertiary/aromatic N) is 3. The Hall–Kier alpha value is -1.14. The van der Waals surface area contributed by atoms with Crippen LogP contribution in [0.1, 0.15) is 19.7 Å². The predicted octanol–water partition coefficient (Wildman–Crippen LogP) is 1.99. The normalized spacial score (nSPS) is 13.1. The summed E-state index contributed by atoms with van der Waals surface area (Å²) < 4.78 is 24.5. The molecule has 0 aromatic carbocycles. The van der Waals surface area contributed by atoms with Crippen molar-refractivity contribution in [2.45, 2.75) is 31.0 Å². The number of hydrogen-bond donors (Lipinski definition) is 0. The highest BCUT2D eigenvalue weighted by Gasteiger charge is 2.32. The molecule has 2 aromatic rings. The van der Waals surface area contributed by atoms with Crippen LogP contribution in [0.5, 0.6) is 0 Å². The molecule has 0 atom stereocenters. The van der Waals surface area contributed by atoms with Crippen molar-refractivity contribution in [3.8, 4) is 0 Å². The molecule has 2 heterocycles. The molecule has 0 aliphatic rings. The van der Waals surface area contributed by atoms with E-state index >= 15 is 0 Å². The molecule has 0 spiro atoms. The fourth-order valence-electron chi connectivity index (χ4n) is 1.77. The molecule has 5 nitrogen and oxygen atoms in total. The van der Waals surface area contributed by atoms with Crippen LogP contribution in [0.2, 0.25) is 0 Å². The third-order valence-electron chi connectivity index (χ3n) is 3.25. The largest absolute Gasteiger partial charge is 0.310 e. The molecular weight excluding hydrogens is 286 g/mol. The van der Waals surface area contributed by atoms with Gasteiger partial charge in [-0.3, -0.25) is 0 Å². The first-order valence-electron chi connectivity index (χ1n) is 5.82. The Bertz CT molecular complexity index is 707. The van der Waals surface area contributed by atoms with Gasteiger partial charge in [0.25, 0.3) is 0 Å². The summed E-state index contributed by atoms with van der Waals surface area (Å²) in [7, 11) is -3.19. The van der Waals surface area contributed by atoms with E-state index in [0.29, 0.717) is 11.5 Å². The number of rotatable bonds is 4. The number of sulfone groups is 1. The monoisotopic (exact) mass is 301 g/mol. The minimum atomic E-state index is -3.19. The summed E-state index contributed by atoms with van der Waals surface area (Å²) in [5.41, 5.74) is 1.39.